The maximum absolute atomic E-state index is 9.66. The summed E-state index contributed by atoms with van der Waals surface area (Å²) in [5.41, 5.74) is 2.38. The highest BCUT2D eigenvalue weighted by Crippen LogP contribution is 2.35. The summed E-state index contributed by atoms with van der Waals surface area (Å²) >= 11 is 8.31. The molecule has 1 aromatic carbocycles. The first-order chi connectivity index (χ1) is 11.5. The average Bonchev–Trinajstić information content (AvgIpc) is 2.60. The standard InChI is InChI=1S/C20H28ClNOS/c1-4-20(14-23,22-3)12-11-16-7-10-18(13-19(16)21)24-17-8-5-15(2)6-9-17/h5,7-8,10,13,22-23H,4,6,9,11-12,14H2,1-3H3. The van der Waals surface area contributed by atoms with Crippen molar-refractivity contribution in [2.24, 2.45) is 0 Å². The molecule has 2 N–H and O–H groups in total. The van der Waals surface area contributed by atoms with Crippen LogP contribution < -0.4 is 5.32 Å². The first kappa shape index (κ1) is 19.6. The van der Waals surface area contributed by atoms with E-state index in [2.05, 4.69) is 49.5 Å². The summed E-state index contributed by atoms with van der Waals surface area (Å²) in [6.07, 6.45) is 9.32. The molecule has 4 heteroatoms. The predicted molar refractivity (Wildman–Crippen MR) is 106 cm³/mol. The third-order valence-corrected chi connectivity index (χ3v) is 6.42. The van der Waals surface area contributed by atoms with Crippen LogP contribution in [0.5, 0.6) is 0 Å². The second-order valence-corrected chi connectivity index (χ2v) is 8.15. The average molecular weight is 366 g/mol. The van der Waals surface area contributed by atoms with E-state index in [9.17, 15) is 5.11 Å². The highest BCUT2D eigenvalue weighted by atomic mass is 35.5. The van der Waals surface area contributed by atoms with Gasteiger partial charge in [-0.2, -0.15) is 0 Å². The van der Waals surface area contributed by atoms with Crippen LogP contribution in [0.1, 0.15) is 45.1 Å². The molecule has 0 saturated heterocycles. The smallest absolute Gasteiger partial charge is 0.0613 e. The molecule has 2 rings (SSSR count). The van der Waals surface area contributed by atoms with E-state index in [1.54, 1.807) is 11.8 Å². The second-order valence-electron chi connectivity index (χ2n) is 6.54. The minimum atomic E-state index is -0.214. The Morgan fingerprint density at radius 2 is 2.08 bits per heavy atom. The molecule has 0 aromatic heterocycles. The SMILES string of the molecule is CCC(CO)(CCc1ccc(SC2=CC=C(C)CC2)cc1Cl)NC. The fourth-order valence-electron chi connectivity index (χ4n) is 2.88. The molecule has 1 atom stereocenters. The maximum Gasteiger partial charge on any atom is 0.0613 e. The van der Waals surface area contributed by atoms with Crippen LogP contribution in [0.3, 0.4) is 0 Å². The summed E-state index contributed by atoms with van der Waals surface area (Å²) in [7, 11) is 1.91. The molecule has 24 heavy (non-hydrogen) atoms. The molecule has 1 aliphatic carbocycles. The molecule has 2 nitrogen and oxygen atoms in total. The van der Waals surface area contributed by atoms with E-state index in [-0.39, 0.29) is 12.1 Å². The van der Waals surface area contributed by atoms with E-state index in [1.165, 1.54) is 15.4 Å². The number of nitrogens with one attached hydrogen (secondary N) is 1. The van der Waals surface area contributed by atoms with Gasteiger partial charge in [0.2, 0.25) is 0 Å². The van der Waals surface area contributed by atoms with Gasteiger partial charge in [-0.25, -0.2) is 0 Å². The van der Waals surface area contributed by atoms with Gasteiger partial charge in [0, 0.05) is 15.5 Å². The second kappa shape index (κ2) is 9.10. The number of likely N-dealkylation sites (N-methyl/N-ethyl adjacent to an activating group) is 1. The van der Waals surface area contributed by atoms with Crippen LogP contribution in [0.25, 0.3) is 0 Å². The number of halogens is 1. The van der Waals surface area contributed by atoms with Crippen LogP contribution in [-0.2, 0) is 6.42 Å². The van der Waals surface area contributed by atoms with E-state index >= 15 is 0 Å². The van der Waals surface area contributed by atoms with Crippen molar-refractivity contribution >= 4 is 23.4 Å². The number of hydrogen-bond donors (Lipinski definition) is 2. The Hall–Kier alpha value is -0.740. The quantitative estimate of drug-likeness (QED) is 0.651. The fraction of sp³-hybridized carbons (Fsp3) is 0.500. The molecular formula is C20H28ClNOS. The van der Waals surface area contributed by atoms with Gasteiger partial charge in [-0.3, -0.25) is 0 Å². The topological polar surface area (TPSA) is 32.3 Å². The third-order valence-electron chi connectivity index (χ3n) is 4.98. The zero-order chi connectivity index (χ0) is 17.6. The van der Waals surface area contributed by atoms with E-state index in [4.69, 9.17) is 11.6 Å². The third kappa shape index (κ3) is 5.13. The summed E-state index contributed by atoms with van der Waals surface area (Å²) in [4.78, 5) is 2.59. The molecule has 0 saturated carbocycles. The van der Waals surface area contributed by atoms with Crippen molar-refractivity contribution in [3.05, 3.63) is 51.4 Å². The van der Waals surface area contributed by atoms with E-state index in [1.807, 2.05) is 7.05 Å². The minimum Gasteiger partial charge on any atom is -0.394 e. The van der Waals surface area contributed by atoms with Crippen LogP contribution in [-0.4, -0.2) is 24.3 Å². The molecule has 1 aliphatic rings. The number of allylic oxidation sites excluding steroid dienone is 4. The molecule has 0 radical (unpaired) electrons. The summed E-state index contributed by atoms with van der Waals surface area (Å²) in [6, 6.07) is 6.35. The van der Waals surface area contributed by atoms with Crippen molar-refractivity contribution < 1.29 is 5.11 Å². The van der Waals surface area contributed by atoms with Crippen LogP contribution in [0, 0.1) is 0 Å². The van der Waals surface area contributed by atoms with Crippen LogP contribution >= 0.6 is 23.4 Å². The van der Waals surface area contributed by atoms with Crippen LogP contribution in [0.2, 0.25) is 5.02 Å². The molecule has 1 unspecified atom stereocenters. The van der Waals surface area contributed by atoms with E-state index in [0.29, 0.717) is 0 Å². The minimum absolute atomic E-state index is 0.145. The molecule has 0 amide bonds. The highest BCUT2D eigenvalue weighted by molar-refractivity contribution is 8.03. The van der Waals surface area contributed by atoms with Gasteiger partial charge in [-0.15, -0.1) is 0 Å². The molecule has 132 valence electrons. The lowest BCUT2D eigenvalue weighted by atomic mass is 9.89. The predicted octanol–water partition coefficient (Wildman–Crippen LogP) is 5.35. The Morgan fingerprint density at radius 1 is 1.29 bits per heavy atom. The number of rotatable bonds is 8. The van der Waals surface area contributed by atoms with Gasteiger partial charge in [0.15, 0.2) is 0 Å². The Bertz CT molecular complexity index is 612. The van der Waals surface area contributed by atoms with Gasteiger partial charge in [0.25, 0.3) is 0 Å². The maximum atomic E-state index is 9.66. The number of hydrogen-bond acceptors (Lipinski definition) is 3. The van der Waals surface area contributed by atoms with Crippen molar-refractivity contribution in [2.75, 3.05) is 13.7 Å². The monoisotopic (exact) mass is 365 g/mol. The van der Waals surface area contributed by atoms with Gasteiger partial charge < -0.3 is 10.4 Å². The summed E-state index contributed by atoms with van der Waals surface area (Å²) < 4.78 is 0. The van der Waals surface area contributed by atoms with Crippen LogP contribution in [0.15, 0.2) is 45.7 Å². The van der Waals surface area contributed by atoms with Crippen molar-refractivity contribution in [2.45, 2.75) is 56.4 Å². The first-order valence-electron chi connectivity index (χ1n) is 8.64. The van der Waals surface area contributed by atoms with E-state index in [0.717, 1.165) is 42.7 Å². The molecule has 1 aromatic rings. The molecule has 0 fully saturated rings. The summed E-state index contributed by atoms with van der Waals surface area (Å²) in [6.45, 7) is 4.42. The Labute approximate surface area is 155 Å². The lowest BCUT2D eigenvalue weighted by Gasteiger charge is -2.30. The van der Waals surface area contributed by atoms with Crippen molar-refractivity contribution in [3.8, 4) is 0 Å². The molecule has 0 heterocycles. The van der Waals surface area contributed by atoms with Crippen molar-refractivity contribution in [1.29, 1.82) is 0 Å². The summed E-state index contributed by atoms with van der Waals surface area (Å²) in [5, 5.41) is 13.7. The lowest BCUT2D eigenvalue weighted by Crippen LogP contribution is -2.46. The molecule has 0 bridgehead atoms. The largest absolute Gasteiger partial charge is 0.394 e. The summed E-state index contributed by atoms with van der Waals surface area (Å²) in [5.74, 6) is 0. The molecule has 0 aliphatic heterocycles. The normalized spacial score (nSPS) is 17.2. The van der Waals surface area contributed by atoms with Crippen molar-refractivity contribution in [1.82, 2.24) is 5.32 Å². The zero-order valence-corrected chi connectivity index (χ0v) is 16.4. The lowest BCUT2D eigenvalue weighted by molar-refractivity contribution is 0.155. The van der Waals surface area contributed by atoms with Gasteiger partial charge >= 0.3 is 0 Å². The van der Waals surface area contributed by atoms with Crippen molar-refractivity contribution in [3.63, 3.8) is 0 Å². The van der Waals surface area contributed by atoms with Gasteiger partial charge in [0.05, 0.1) is 6.61 Å². The van der Waals surface area contributed by atoms with E-state index < -0.39 is 0 Å². The number of aryl methyl sites for hydroxylation is 1. The highest BCUT2D eigenvalue weighted by Gasteiger charge is 2.24. The molecular weight excluding hydrogens is 338 g/mol. The van der Waals surface area contributed by atoms with Gasteiger partial charge in [-0.1, -0.05) is 54.1 Å². The fourth-order valence-corrected chi connectivity index (χ4v) is 4.17. The number of thioether (sulfide) groups is 1. The zero-order valence-electron chi connectivity index (χ0n) is 14.9. The number of benzene rings is 1. The number of aliphatic hydroxyl groups excluding tert-OH is 1. The Morgan fingerprint density at radius 3 is 2.62 bits per heavy atom. The number of aliphatic hydroxyl groups is 1. The Balaban J connectivity index is 2.02. The van der Waals surface area contributed by atoms with Crippen LogP contribution in [0.4, 0.5) is 0 Å². The van der Waals surface area contributed by atoms with Gasteiger partial charge in [-0.05, 0) is 68.7 Å². The molecule has 0 spiro atoms. The van der Waals surface area contributed by atoms with Gasteiger partial charge in [0.1, 0.15) is 0 Å². The first-order valence-corrected chi connectivity index (χ1v) is 9.84. The Kier molecular flexibility index (Phi) is 7.42.